The van der Waals surface area contributed by atoms with Crippen LogP contribution < -0.4 is 5.73 Å². The van der Waals surface area contributed by atoms with Crippen molar-refractivity contribution in [3.63, 3.8) is 0 Å². The third-order valence-electron chi connectivity index (χ3n) is 5.55. The number of sulfone groups is 1. The van der Waals surface area contributed by atoms with Crippen LogP contribution in [0.4, 0.5) is 8.78 Å². The Morgan fingerprint density at radius 1 is 1.28 bits per heavy atom. The quantitative estimate of drug-likeness (QED) is 0.748. The van der Waals surface area contributed by atoms with E-state index in [1.807, 2.05) is 0 Å². The number of carbonyl (C=O) groups is 1. The van der Waals surface area contributed by atoms with Crippen molar-refractivity contribution in [2.24, 2.45) is 5.73 Å². The van der Waals surface area contributed by atoms with Crippen molar-refractivity contribution in [3.8, 4) is 0 Å². The molecule has 29 heavy (non-hydrogen) atoms. The molecule has 2 heterocycles. The molecule has 1 amide bonds. The summed E-state index contributed by atoms with van der Waals surface area (Å²) in [4.78, 5) is 22.2. The summed E-state index contributed by atoms with van der Waals surface area (Å²) >= 11 is 0. The second-order valence-electron chi connectivity index (χ2n) is 7.62. The Balaban J connectivity index is 1.45. The number of carbonyl (C=O) groups excluding carboxylic acids is 1. The lowest BCUT2D eigenvalue weighted by Gasteiger charge is -2.23. The van der Waals surface area contributed by atoms with Crippen LogP contribution in [0.1, 0.15) is 41.1 Å². The molecule has 0 spiro atoms. The standard InChI is InChI=1S/C19H20F2N4O3S/c1-29(27,28)19-23-7-11-8-25(9-17(11)24-19)18(26)6-16(22)12-3-2-10-4-14(20)15(21)5-13(10)12/h4-5,7,12,16H,2-3,6,8-9,22H2,1H3. The molecule has 154 valence electrons. The fourth-order valence-corrected chi connectivity index (χ4v) is 4.56. The van der Waals surface area contributed by atoms with Gasteiger partial charge < -0.3 is 10.6 Å². The first-order chi connectivity index (χ1) is 13.6. The molecular weight excluding hydrogens is 402 g/mol. The molecule has 1 aromatic carbocycles. The lowest BCUT2D eigenvalue weighted by atomic mass is 9.91. The number of fused-ring (bicyclic) bond motifs is 2. The van der Waals surface area contributed by atoms with E-state index in [9.17, 15) is 22.0 Å². The van der Waals surface area contributed by atoms with Crippen molar-refractivity contribution >= 4 is 15.7 Å². The van der Waals surface area contributed by atoms with Gasteiger partial charge in [-0.3, -0.25) is 4.79 Å². The summed E-state index contributed by atoms with van der Waals surface area (Å²) in [5.74, 6) is -2.21. The van der Waals surface area contributed by atoms with E-state index in [2.05, 4.69) is 9.97 Å². The lowest BCUT2D eigenvalue weighted by Crippen LogP contribution is -2.35. The SMILES string of the molecule is CS(=O)(=O)c1ncc2c(n1)CN(C(=O)CC(N)C1CCc3cc(F)c(F)cc31)C2. The van der Waals surface area contributed by atoms with E-state index in [0.717, 1.165) is 11.8 Å². The zero-order chi connectivity index (χ0) is 20.9. The van der Waals surface area contributed by atoms with E-state index >= 15 is 0 Å². The Kier molecular flexibility index (Phi) is 4.86. The highest BCUT2D eigenvalue weighted by Crippen LogP contribution is 2.37. The normalized spacial score (nSPS) is 19.2. The number of nitrogens with two attached hydrogens (primary N) is 1. The van der Waals surface area contributed by atoms with Gasteiger partial charge in [0.05, 0.1) is 12.2 Å². The van der Waals surface area contributed by atoms with Crippen molar-refractivity contribution < 1.29 is 22.0 Å². The van der Waals surface area contributed by atoms with Gasteiger partial charge in [-0.2, -0.15) is 0 Å². The number of benzene rings is 1. The largest absolute Gasteiger partial charge is 0.332 e. The minimum atomic E-state index is -3.53. The predicted molar refractivity (Wildman–Crippen MR) is 99.4 cm³/mol. The average molecular weight is 422 g/mol. The van der Waals surface area contributed by atoms with Gasteiger partial charge in [0, 0.05) is 42.9 Å². The van der Waals surface area contributed by atoms with Gasteiger partial charge in [-0.25, -0.2) is 27.2 Å². The molecule has 4 rings (SSSR count). The first-order valence-corrected chi connectivity index (χ1v) is 11.1. The Hall–Kier alpha value is -2.46. The van der Waals surface area contributed by atoms with E-state index in [1.54, 1.807) is 4.90 Å². The Morgan fingerprint density at radius 2 is 2.00 bits per heavy atom. The predicted octanol–water partition coefficient (Wildman–Crippen LogP) is 1.45. The summed E-state index contributed by atoms with van der Waals surface area (Å²) in [5.41, 5.74) is 8.86. The fourth-order valence-electron chi connectivity index (χ4n) is 4.04. The number of amides is 1. The summed E-state index contributed by atoms with van der Waals surface area (Å²) in [5, 5.41) is -0.265. The van der Waals surface area contributed by atoms with Crippen LogP contribution in [-0.2, 0) is 34.1 Å². The summed E-state index contributed by atoms with van der Waals surface area (Å²) in [7, 11) is -3.53. The van der Waals surface area contributed by atoms with Crippen molar-refractivity contribution in [3.05, 3.63) is 52.3 Å². The number of rotatable bonds is 4. The number of hydrogen-bond acceptors (Lipinski definition) is 6. The first kappa shape index (κ1) is 19.8. The molecule has 2 unspecified atom stereocenters. The van der Waals surface area contributed by atoms with Gasteiger partial charge in [0.2, 0.25) is 20.9 Å². The monoisotopic (exact) mass is 422 g/mol. The molecule has 7 nitrogen and oxygen atoms in total. The number of nitrogens with zero attached hydrogens (tertiary/aromatic N) is 3. The Morgan fingerprint density at radius 3 is 2.72 bits per heavy atom. The molecule has 2 atom stereocenters. The van der Waals surface area contributed by atoms with Crippen molar-refractivity contribution in [2.45, 2.75) is 49.5 Å². The van der Waals surface area contributed by atoms with Gasteiger partial charge in [-0.15, -0.1) is 0 Å². The number of aromatic nitrogens is 2. The second-order valence-corrected chi connectivity index (χ2v) is 9.53. The van der Waals surface area contributed by atoms with Crippen LogP contribution in [0.2, 0.25) is 0 Å². The van der Waals surface area contributed by atoms with Gasteiger partial charge in [0.25, 0.3) is 0 Å². The van der Waals surface area contributed by atoms with E-state index in [4.69, 9.17) is 5.73 Å². The molecule has 10 heteroatoms. The van der Waals surface area contributed by atoms with E-state index in [1.165, 1.54) is 18.3 Å². The lowest BCUT2D eigenvalue weighted by molar-refractivity contribution is -0.132. The Labute approximate surface area is 166 Å². The van der Waals surface area contributed by atoms with Crippen molar-refractivity contribution in [2.75, 3.05) is 6.26 Å². The third-order valence-corrected chi connectivity index (χ3v) is 6.41. The highest BCUT2D eigenvalue weighted by atomic mass is 32.2. The summed E-state index contributed by atoms with van der Waals surface area (Å²) in [6.07, 6.45) is 3.73. The van der Waals surface area contributed by atoms with Gasteiger partial charge in [-0.1, -0.05) is 0 Å². The van der Waals surface area contributed by atoms with E-state index in [0.29, 0.717) is 29.7 Å². The molecule has 1 aliphatic carbocycles. The molecule has 0 saturated carbocycles. The number of aryl methyl sites for hydroxylation is 1. The molecule has 0 bridgehead atoms. The highest BCUT2D eigenvalue weighted by molar-refractivity contribution is 7.90. The van der Waals surface area contributed by atoms with Crippen LogP contribution in [0.25, 0.3) is 0 Å². The van der Waals surface area contributed by atoms with E-state index in [-0.39, 0.29) is 36.5 Å². The third kappa shape index (κ3) is 3.74. The molecule has 0 fully saturated rings. The minimum absolute atomic E-state index is 0.0451. The van der Waals surface area contributed by atoms with Crippen LogP contribution in [0.5, 0.6) is 0 Å². The molecular formula is C19H20F2N4O3S. The zero-order valence-corrected chi connectivity index (χ0v) is 16.5. The van der Waals surface area contributed by atoms with Gasteiger partial charge in [0.1, 0.15) is 0 Å². The second kappa shape index (κ2) is 7.10. The van der Waals surface area contributed by atoms with Crippen molar-refractivity contribution in [1.82, 2.24) is 14.9 Å². The summed E-state index contributed by atoms with van der Waals surface area (Å²) < 4.78 is 50.3. The maximum absolute atomic E-state index is 13.6. The molecule has 0 saturated heterocycles. The molecule has 2 aromatic rings. The molecule has 1 aliphatic heterocycles. The highest BCUT2D eigenvalue weighted by Gasteiger charge is 2.33. The van der Waals surface area contributed by atoms with E-state index < -0.39 is 27.5 Å². The van der Waals surface area contributed by atoms with Crippen LogP contribution in [0.15, 0.2) is 23.5 Å². The molecule has 2 aliphatic rings. The smallest absolute Gasteiger partial charge is 0.247 e. The van der Waals surface area contributed by atoms with Gasteiger partial charge in [0.15, 0.2) is 11.6 Å². The topological polar surface area (TPSA) is 106 Å². The molecule has 0 radical (unpaired) electrons. The summed E-state index contributed by atoms with van der Waals surface area (Å²) in [6, 6.07) is 1.85. The average Bonchev–Trinajstić information content (AvgIpc) is 3.24. The van der Waals surface area contributed by atoms with Crippen molar-refractivity contribution in [1.29, 1.82) is 0 Å². The summed E-state index contributed by atoms with van der Waals surface area (Å²) in [6.45, 7) is 0.471. The molecule has 2 N–H and O–H groups in total. The minimum Gasteiger partial charge on any atom is -0.332 e. The maximum atomic E-state index is 13.6. The van der Waals surface area contributed by atoms with Crippen LogP contribution in [0, 0.1) is 11.6 Å². The number of halogens is 2. The van der Waals surface area contributed by atoms with Gasteiger partial charge in [-0.05, 0) is 36.1 Å². The van der Waals surface area contributed by atoms with Crippen LogP contribution in [-0.4, -0.2) is 41.5 Å². The van der Waals surface area contributed by atoms with Gasteiger partial charge >= 0.3 is 0 Å². The first-order valence-electron chi connectivity index (χ1n) is 9.19. The van der Waals surface area contributed by atoms with Crippen LogP contribution in [0.3, 0.4) is 0 Å². The maximum Gasteiger partial charge on any atom is 0.247 e. The Bertz CT molecular complexity index is 1110. The van der Waals surface area contributed by atoms with Crippen LogP contribution >= 0.6 is 0 Å². The fraction of sp³-hybridized carbons (Fsp3) is 0.421. The number of hydrogen-bond donors (Lipinski definition) is 1. The molecule has 1 aromatic heterocycles. The zero-order valence-electron chi connectivity index (χ0n) is 15.7.